The largest absolute Gasteiger partial charge is 0.392 e. The van der Waals surface area contributed by atoms with Crippen molar-refractivity contribution in [3.05, 3.63) is 48.0 Å². The SMILES string of the molecule is CC(NC(=O)CN(C)CC(O)C1CC1)c1ccc2ccccc2c1. The number of hydrogen-bond acceptors (Lipinski definition) is 3. The minimum atomic E-state index is -0.305. The van der Waals surface area contributed by atoms with Crippen LogP contribution in [0.15, 0.2) is 42.5 Å². The van der Waals surface area contributed by atoms with Gasteiger partial charge in [0.25, 0.3) is 0 Å². The van der Waals surface area contributed by atoms with Crippen molar-refractivity contribution in [2.45, 2.75) is 31.9 Å². The smallest absolute Gasteiger partial charge is 0.234 e. The molecule has 0 bridgehead atoms. The van der Waals surface area contributed by atoms with Crippen LogP contribution in [0.25, 0.3) is 10.8 Å². The van der Waals surface area contributed by atoms with Gasteiger partial charge in [-0.25, -0.2) is 0 Å². The van der Waals surface area contributed by atoms with E-state index in [9.17, 15) is 9.90 Å². The number of amides is 1. The molecular weight excluding hydrogens is 300 g/mol. The fraction of sp³-hybridized carbons (Fsp3) is 0.450. The van der Waals surface area contributed by atoms with Gasteiger partial charge in [0, 0.05) is 6.54 Å². The fourth-order valence-corrected chi connectivity index (χ4v) is 3.11. The van der Waals surface area contributed by atoms with E-state index in [1.807, 2.05) is 31.0 Å². The maximum absolute atomic E-state index is 12.2. The summed E-state index contributed by atoms with van der Waals surface area (Å²) >= 11 is 0. The number of aliphatic hydroxyl groups is 1. The maximum atomic E-state index is 12.2. The zero-order valence-corrected chi connectivity index (χ0v) is 14.4. The number of benzene rings is 2. The van der Waals surface area contributed by atoms with E-state index in [1.165, 1.54) is 10.8 Å². The van der Waals surface area contributed by atoms with E-state index >= 15 is 0 Å². The van der Waals surface area contributed by atoms with Gasteiger partial charge >= 0.3 is 0 Å². The molecule has 4 nitrogen and oxygen atoms in total. The summed E-state index contributed by atoms with van der Waals surface area (Å²) in [4.78, 5) is 14.1. The molecule has 0 heterocycles. The first-order valence-corrected chi connectivity index (χ1v) is 8.67. The third-order valence-electron chi connectivity index (χ3n) is 4.73. The van der Waals surface area contributed by atoms with E-state index in [-0.39, 0.29) is 18.1 Å². The highest BCUT2D eigenvalue weighted by Gasteiger charge is 2.30. The van der Waals surface area contributed by atoms with E-state index in [0.29, 0.717) is 19.0 Å². The van der Waals surface area contributed by atoms with Gasteiger partial charge in [-0.2, -0.15) is 0 Å². The molecule has 0 spiro atoms. The summed E-state index contributed by atoms with van der Waals surface area (Å²) in [5, 5.41) is 15.4. The van der Waals surface area contributed by atoms with Crippen molar-refractivity contribution in [3.8, 4) is 0 Å². The standard InChI is InChI=1S/C20H26N2O2/c1-14(17-10-7-15-5-3-4-6-18(15)11-17)21-20(24)13-22(2)12-19(23)16-8-9-16/h3-7,10-11,14,16,19,23H,8-9,12-13H2,1-2H3,(H,21,24). The van der Waals surface area contributed by atoms with Gasteiger partial charge in [0.05, 0.1) is 18.7 Å². The highest BCUT2D eigenvalue weighted by Crippen LogP contribution is 2.32. The maximum Gasteiger partial charge on any atom is 0.234 e. The lowest BCUT2D eigenvalue weighted by Gasteiger charge is -2.21. The first-order valence-electron chi connectivity index (χ1n) is 8.67. The molecule has 2 atom stereocenters. The Labute approximate surface area is 143 Å². The van der Waals surface area contributed by atoms with E-state index < -0.39 is 0 Å². The van der Waals surface area contributed by atoms with Crippen molar-refractivity contribution < 1.29 is 9.90 Å². The number of nitrogens with one attached hydrogen (secondary N) is 1. The van der Waals surface area contributed by atoms with Gasteiger partial charge in [0.15, 0.2) is 0 Å². The molecule has 3 rings (SSSR count). The van der Waals surface area contributed by atoms with Gasteiger partial charge in [0.2, 0.25) is 5.91 Å². The highest BCUT2D eigenvalue weighted by molar-refractivity contribution is 5.83. The predicted molar refractivity (Wildman–Crippen MR) is 96.7 cm³/mol. The minimum Gasteiger partial charge on any atom is -0.392 e. The molecule has 0 radical (unpaired) electrons. The summed E-state index contributed by atoms with van der Waals surface area (Å²) in [5.41, 5.74) is 1.10. The number of rotatable bonds is 7. The van der Waals surface area contributed by atoms with Crippen LogP contribution in [0.1, 0.15) is 31.4 Å². The molecule has 2 unspecified atom stereocenters. The summed E-state index contributed by atoms with van der Waals surface area (Å²) in [7, 11) is 1.88. The molecule has 128 valence electrons. The van der Waals surface area contributed by atoms with E-state index in [4.69, 9.17) is 0 Å². The number of aliphatic hydroxyl groups excluding tert-OH is 1. The lowest BCUT2D eigenvalue weighted by Crippen LogP contribution is -2.39. The summed E-state index contributed by atoms with van der Waals surface area (Å²) in [6.45, 7) is 2.87. The van der Waals surface area contributed by atoms with Crippen molar-refractivity contribution in [1.82, 2.24) is 10.2 Å². The van der Waals surface area contributed by atoms with Crippen LogP contribution in [0.2, 0.25) is 0 Å². The second-order valence-electron chi connectivity index (χ2n) is 7.00. The van der Waals surface area contributed by atoms with E-state index in [1.54, 1.807) is 0 Å². The molecule has 0 aliphatic heterocycles. The number of hydrogen-bond donors (Lipinski definition) is 2. The van der Waals surface area contributed by atoms with Gasteiger partial charge in [-0.1, -0.05) is 36.4 Å². The third-order valence-corrected chi connectivity index (χ3v) is 4.73. The van der Waals surface area contributed by atoms with Crippen molar-refractivity contribution in [2.24, 2.45) is 5.92 Å². The van der Waals surface area contributed by atoms with Crippen molar-refractivity contribution in [3.63, 3.8) is 0 Å². The molecule has 1 fully saturated rings. The Balaban J connectivity index is 1.54. The second-order valence-corrected chi connectivity index (χ2v) is 7.00. The summed E-state index contributed by atoms with van der Waals surface area (Å²) in [6, 6.07) is 14.5. The zero-order chi connectivity index (χ0) is 17.1. The quantitative estimate of drug-likeness (QED) is 0.822. The minimum absolute atomic E-state index is 0.0128. The molecule has 0 aromatic heterocycles. The first kappa shape index (κ1) is 16.9. The number of carbonyl (C=O) groups is 1. The summed E-state index contributed by atoms with van der Waals surface area (Å²) in [6.07, 6.45) is 1.92. The number of fused-ring (bicyclic) bond motifs is 1. The summed E-state index contributed by atoms with van der Waals surface area (Å²) in [5.74, 6) is 0.424. The summed E-state index contributed by atoms with van der Waals surface area (Å²) < 4.78 is 0. The Kier molecular flexibility index (Phi) is 5.17. The Morgan fingerprint density at radius 2 is 1.96 bits per heavy atom. The van der Waals surface area contributed by atoms with Crippen LogP contribution in [0.4, 0.5) is 0 Å². The molecule has 24 heavy (non-hydrogen) atoms. The van der Waals surface area contributed by atoms with Crippen LogP contribution in [0.3, 0.4) is 0 Å². The fourth-order valence-electron chi connectivity index (χ4n) is 3.11. The molecule has 1 aliphatic rings. The average molecular weight is 326 g/mol. The molecular formula is C20H26N2O2. The first-order chi connectivity index (χ1) is 11.5. The van der Waals surface area contributed by atoms with E-state index in [0.717, 1.165) is 18.4 Å². The van der Waals surface area contributed by atoms with Crippen molar-refractivity contribution >= 4 is 16.7 Å². The van der Waals surface area contributed by atoms with Gasteiger partial charge < -0.3 is 10.4 Å². The topological polar surface area (TPSA) is 52.6 Å². The molecule has 4 heteroatoms. The number of likely N-dealkylation sites (N-methyl/N-ethyl adjacent to an activating group) is 1. The molecule has 1 aliphatic carbocycles. The van der Waals surface area contributed by atoms with Crippen LogP contribution < -0.4 is 5.32 Å². The molecule has 1 saturated carbocycles. The third kappa shape index (κ3) is 4.34. The molecule has 2 aromatic carbocycles. The van der Waals surface area contributed by atoms with Crippen LogP contribution in [-0.2, 0) is 4.79 Å². The monoisotopic (exact) mass is 326 g/mol. The molecule has 2 N–H and O–H groups in total. The van der Waals surface area contributed by atoms with Crippen LogP contribution in [-0.4, -0.2) is 42.2 Å². The molecule has 2 aromatic rings. The van der Waals surface area contributed by atoms with Crippen LogP contribution in [0.5, 0.6) is 0 Å². The predicted octanol–water partition coefficient (Wildman–Crippen LogP) is 2.72. The molecule has 0 saturated heterocycles. The zero-order valence-electron chi connectivity index (χ0n) is 14.4. The van der Waals surface area contributed by atoms with Crippen LogP contribution in [0, 0.1) is 5.92 Å². The Bertz CT molecular complexity index is 712. The Morgan fingerprint density at radius 3 is 2.67 bits per heavy atom. The number of nitrogens with zero attached hydrogens (tertiary/aromatic N) is 1. The Hall–Kier alpha value is -1.91. The van der Waals surface area contributed by atoms with Crippen molar-refractivity contribution in [1.29, 1.82) is 0 Å². The molecule has 1 amide bonds. The van der Waals surface area contributed by atoms with Crippen molar-refractivity contribution in [2.75, 3.05) is 20.1 Å². The lowest BCUT2D eigenvalue weighted by atomic mass is 10.0. The second kappa shape index (κ2) is 7.32. The Morgan fingerprint density at radius 1 is 1.25 bits per heavy atom. The lowest BCUT2D eigenvalue weighted by molar-refractivity contribution is -0.122. The van der Waals surface area contributed by atoms with Gasteiger partial charge in [-0.15, -0.1) is 0 Å². The van der Waals surface area contributed by atoms with Gasteiger partial charge in [-0.3, -0.25) is 9.69 Å². The van der Waals surface area contributed by atoms with Gasteiger partial charge in [-0.05, 0) is 55.1 Å². The van der Waals surface area contributed by atoms with E-state index in [2.05, 4.69) is 35.6 Å². The normalized spacial score (nSPS) is 17.0. The van der Waals surface area contributed by atoms with Gasteiger partial charge in [0.1, 0.15) is 0 Å². The number of carbonyl (C=O) groups excluding carboxylic acids is 1. The highest BCUT2D eigenvalue weighted by atomic mass is 16.3. The average Bonchev–Trinajstić information content (AvgIpc) is 3.38. The van der Waals surface area contributed by atoms with Crippen LogP contribution >= 0.6 is 0 Å².